The predicted octanol–water partition coefficient (Wildman–Crippen LogP) is 3.43. The van der Waals surface area contributed by atoms with Gasteiger partial charge in [0.1, 0.15) is 0 Å². The Labute approximate surface area is 136 Å². The van der Waals surface area contributed by atoms with E-state index in [1.54, 1.807) is 18.3 Å². The summed E-state index contributed by atoms with van der Waals surface area (Å²) in [5.41, 5.74) is 1.89. The second kappa shape index (κ2) is 6.15. The molecule has 0 unspecified atom stereocenters. The molecule has 1 fully saturated rings. The van der Waals surface area contributed by atoms with E-state index in [0.29, 0.717) is 0 Å². The summed E-state index contributed by atoms with van der Waals surface area (Å²) in [7, 11) is 0. The summed E-state index contributed by atoms with van der Waals surface area (Å²) >= 11 is 5.18. The molecule has 110 valence electrons. The molecule has 0 saturated carbocycles. The standard InChI is InChI=1S/C15H16BrN3OS/c1-11(20)13-3-2-12(10-14(13)16)18-5-7-19(8-6-18)15-17-4-9-21-15/h2-4,9-10H,5-8H2,1H3. The van der Waals surface area contributed by atoms with Gasteiger partial charge in [-0.3, -0.25) is 4.79 Å². The average molecular weight is 366 g/mol. The maximum atomic E-state index is 11.5. The van der Waals surface area contributed by atoms with Crippen molar-refractivity contribution in [1.82, 2.24) is 4.98 Å². The summed E-state index contributed by atoms with van der Waals surface area (Å²) in [5, 5.41) is 3.11. The fourth-order valence-corrected chi connectivity index (χ4v) is 3.86. The van der Waals surface area contributed by atoms with Crippen LogP contribution in [0.2, 0.25) is 0 Å². The molecule has 1 aromatic heterocycles. The van der Waals surface area contributed by atoms with Crippen molar-refractivity contribution >= 4 is 43.9 Å². The number of anilines is 2. The molecule has 21 heavy (non-hydrogen) atoms. The monoisotopic (exact) mass is 365 g/mol. The highest BCUT2D eigenvalue weighted by Crippen LogP contribution is 2.26. The number of carbonyl (C=O) groups excluding carboxylic acids is 1. The number of ketones is 1. The zero-order valence-corrected chi connectivity index (χ0v) is 14.2. The van der Waals surface area contributed by atoms with Gasteiger partial charge >= 0.3 is 0 Å². The van der Waals surface area contributed by atoms with E-state index >= 15 is 0 Å². The van der Waals surface area contributed by atoms with Crippen molar-refractivity contribution in [2.45, 2.75) is 6.92 Å². The van der Waals surface area contributed by atoms with E-state index in [-0.39, 0.29) is 5.78 Å². The summed E-state index contributed by atoms with van der Waals surface area (Å²) < 4.78 is 0.870. The van der Waals surface area contributed by atoms with Crippen molar-refractivity contribution in [3.63, 3.8) is 0 Å². The minimum absolute atomic E-state index is 0.0852. The largest absolute Gasteiger partial charge is 0.368 e. The van der Waals surface area contributed by atoms with Crippen LogP contribution in [0, 0.1) is 0 Å². The average Bonchev–Trinajstić information content (AvgIpc) is 3.01. The molecule has 0 spiro atoms. The number of hydrogen-bond donors (Lipinski definition) is 0. The zero-order valence-electron chi connectivity index (χ0n) is 11.8. The number of benzene rings is 1. The normalized spacial score (nSPS) is 15.3. The molecule has 3 rings (SSSR count). The number of aromatic nitrogens is 1. The van der Waals surface area contributed by atoms with Gasteiger partial charge in [-0.1, -0.05) is 0 Å². The highest BCUT2D eigenvalue weighted by molar-refractivity contribution is 9.10. The molecule has 0 aliphatic carbocycles. The molecule has 1 saturated heterocycles. The summed E-state index contributed by atoms with van der Waals surface area (Å²) in [4.78, 5) is 20.5. The highest BCUT2D eigenvalue weighted by atomic mass is 79.9. The first-order valence-corrected chi connectivity index (χ1v) is 8.52. The molecule has 1 aliphatic rings. The Bertz CT molecular complexity index is 636. The fourth-order valence-electron chi connectivity index (χ4n) is 2.51. The molecule has 1 aliphatic heterocycles. The van der Waals surface area contributed by atoms with Gasteiger partial charge in [0.25, 0.3) is 0 Å². The van der Waals surface area contributed by atoms with Gasteiger partial charge < -0.3 is 9.80 Å². The van der Waals surface area contributed by atoms with Crippen molar-refractivity contribution < 1.29 is 4.79 Å². The van der Waals surface area contributed by atoms with Crippen LogP contribution in [0.4, 0.5) is 10.8 Å². The minimum Gasteiger partial charge on any atom is -0.368 e. The third-order valence-electron chi connectivity index (χ3n) is 3.67. The van der Waals surface area contributed by atoms with Crippen molar-refractivity contribution in [3.05, 3.63) is 39.8 Å². The van der Waals surface area contributed by atoms with Crippen molar-refractivity contribution in [2.75, 3.05) is 36.0 Å². The fraction of sp³-hybridized carbons (Fsp3) is 0.333. The third-order valence-corrected chi connectivity index (χ3v) is 5.15. The maximum Gasteiger partial charge on any atom is 0.185 e. The molecule has 4 nitrogen and oxygen atoms in total. The van der Waals surface area contributed by atoms with Gasteiger partial charge in [0.05, 0.1) is 0 Å². The smallest absolute Gasteiger partial charge is 0.185 e. The van der Waals surface area contributed by atoms with Crippen molar-refractivity contribution in [1.29, 1.82) is 0 Å². The molecule has 6 heteroatoms. The van der Waals surface area contributed by atoms with E-state index in [1.165, 1.54) is 0 Å². The lowest BCUT2D eigenvalue weighted by Crippen LogP contribution is -2.46. The topological polar surface area (TPSA) is 36.4 Å². The van der Waals surface area contributed by atoms with Gasteiger partial charge in [-0.05, 0) is 41.1 Å². The summed E-state index contributed by atoms with van der Waals surface area (Å²) in [5.74, 6) is 0.0852. The van der Waals surface area contributed by atoms with Crippen LogP contribution in [0.1, 0.15) is 17.3 Å². The lowest BCUT2D eigenvalue weighted by Gasteiger charge is -2.36. The van der Waals surface area contributed by atoms with Crippen LogP contribution in [-0.2, 0) is 0 Å². The van der Waals surface area contributed by atoms with E-state index < -0.39 is 0 Å². The van der Waals surface area contributed by atoms with E-state index in [9.17, 15) is 4.79 Å². The minimum atomic E-state index is 0.0852. The number of hydrogen-bond acceptors (Lipinski definition) is 5. The number of piperazine rings is 1. The van der Waals surface area contributed by atoms with Crippen LogP contribution in [0.5, 0.6) is 0 Å². The molecule has 1 aromatic carbocycles. The number of Topliss-reactive ketones (excluding diaryl/α,β-unsaturated/α-hetero) is 1. The van der Waals surface area contributed by atoms with E-state index in [1.807, 2.05) is 29.8 Å². The van der Waals surface area contributed by atoms with E-state index in [2.05, 4.69) is 30.7 Å². The Hall–Kier alpha value is -1.40. The SMILES string of the molecule is CC(=O)c1ccc(N2CCN(c3nccs3)CC2)cc1Br. The molecule has 2 heterocycles. The Morgan fingerprint density at radius 1 is 1.24 bits per heavy atom. The van der Waals surface area contributed by atoms with Crippen LogP contribution >= 0.6 is 27.3 Å². The summed E-state index contributed by atoms with van der Waals surface area (Å²) in [6, 6.07) is 5.96. The van der Waals surface area contributed by atoms with Gasteiger partial charge in [0.15, 0.2) is 10.9 Å². The van der Waals surface area contributed by atoms with Crippen LogP contribution < -0.4 is 9.80 Å². The third kappa shape index (κ3) is 3.11. The van der Waals surface area contributed by atoms with Gasteiger partial charge in [-0.25, -0.2) is 4.98 Å². The summed E-state index contributed by atoms with van der Waals surface area (Å²) in [6.45, 7) is 5.46. The summed E-state index contributed by atoms with van der Waals surface area (Å²) in [6.07, 6.45) is 1.85. The maximum absolute atomic E-state index is 11.5. The van der Waals surface area contributed by atoms with Gasteiger partial charge in [-0.2, -0.15) is 0 Å². The highest BCUT2D eigenvalue weighted by Gasteiger charge is 2.19. The first-order chi connectivity index (χ1) is 10.1. The molecule has 0 atom stereocenters. The molecule has 0 N–H and O–H groups in total. The second-order valence-electron chi connectivity index (χ2n) is 5.01. The first kappa shape index (κ1) is 14.5. The van der Waals surface area contributed by atoms with Gasteiger partial charge in [0.2, 0.25) is 0 Å². The number of thiazole rings is 1. The van der Waals surface area contributed by atoms with Crippen molar-refractivity contribution in [2.24, 2.45) is 0 Å². The van der Waals surface area contributed by atoms with Gasteiger partial charge in [0, 0.05) is 53.5 Å². The Balaban J connectivity index is 1.69. The van der Waals surface area contributed by atoms with Gasteiger partial charge in [-0.15, -0.1) is 11.3 Å². The van der Waals surface area contributed by atoms with Crippen LogP contribution in [0.3, 0.4) is 0 Å². The van der Waals surface area contributed by atoms with E-state index in [0.717, 1.165) is 47.0 Å². The second-order valence-corrected chi connectivity index (χ2v) is 6.74. The van der Waals surface area contributed by atoms with Crippen LogP contribution in [-0.4, -0.2) is 36.9 Å². The molecule has 2 aromatic rings. The lowest BCUT2D eigenvalue weighted by molar-refractivity contribution is 0.101. The quantitative estimate of drug-likeness (QED) is 0.780. The molecule has 0 amide bonds. The predicted molar refractivity (Wildman–Crippen MR) is 90.7 cm³/mol. The Morgan fingerprint density at radius 3 is 2.52 bits per heavy atom. The number of rotatable bonds is 3. The van der Waals surface area contributed by atoms with E-state index in [4.69, 9.17) is 0 Å². The molecular formula is C15H16BrN3OS. The number of carbonyl (C=O) groups is 1. The number of halogens is 1. The Kier molecular flexibility index (Phi) is 4.26. The van der Waals surface area contributed by atoms with Crippen LogP contribution in [0.15, 0.2) is 34.2 Å². The Morgan fingerprint density at radius 2 is 1.95 bits per heavy atom. The first-order valence-electron chi connectivity index (χ1n) is 6.85. The molecule has 0 bridgehead atoms. The number of nitrogens with zero attached hydrogens (tertiary/aromatic N) is 3. The van der Waals surface area contributed by atoms with Crippen LogP contribution in [0.25, 0.3) is 0 Å². The molecule has 0 radical (unpaired) electrons. The lowest BCUT2D eigenvalue weighted by atomic mass is 10.1. The van der Waals surface area contributed by atoms with Crippen molar-refractivity contribution in [3.8, 4) is 0 Å². The molecular weight excluding hydrogens is 350 g/mol. The zero-order chi connectivity index (χ0) is 14.8.